The summed E-state index contributed by atoms with van der Waals surface area (Å²) in [5.41, 5.74) is 6.95. The Hall–Kier alpha value is -0.830. The van der Waals surface area contributed by atoms with Crippen LogP contribution in [0.2, 0.25) is 0 Å². The first-order valence-electron chi connectivity index (χ1n) is 8.31. The van der Waals surface area contributed by atoms with Gasteiger partial charge in [-0.25, -0.2) is 4.98 Å². The normalized spacial score (nSPS) is 28.0. The van der Waals surface area contributed by atoms with Crippen LogP contribution in [0.3, 0.4) is 0 Å². The van der Waals surface area contributed by atoms with Crippen molar-refractivity contribution in [1.82, 2.24) is 4.98 Å². The molecule has 0 bridgehead atoms. The van der Waals surface area contributed by atoms with Gasteiger partial charge in [0.1, 0.15) is 9.61 Å². The van der Waals surface area contributed by atoms with Gasteiger partial charge in [-0.15, -0.1) is 11.3 Å². The minimum absolute atomic E-state index is 0.0499. The second-order valence-electron chi connectivity index (χ2n) is 6.55. The van der Waals surface area contributed by atoms with Gasteiger partial charge in [0.25, 0.3) is 0 Å². The summed E-state index contributed by atoms with van der Waals surface area (Å²) in [5, 5.41) is 13.5. The number of nitrogens with two attached hydrogens (primary N) is 1. The van der Waals surface area contributed by atoms with Crippen LogP contribution in [0.5, 0.6) is 0 Å². The van der Waals surface area contributed by atoms with Crippen molar-refractivity contribution in [3.8, 4) is 0 Å². The summed E-state index contributed by atoms with van der Waals surface area (Å²) < 4.78 is 12.3. The molecule has 1 aromatic heterocycles. The summed E-state index contributed by atoms with van der Waals surface area (Å²) in [6.45, 7) is 3.05. The Kier molecular flexibility index (Phi) is 6.25. The van der Waals surface area contributed by atoms with Crippen LogP contribution in [-0.2, 0) is 21.6 Å². The average molecular weight is 427 g/mol. The number of thiazole rings is 1. The number of aliphatic hydroxyl groups excluding tert-OH is 1. The van der Waals surface area contributed by atoms with E-state index in [1.807, 2.05) is 42.6 Å². The Bertz CT molecular complexity index is 684. The number of halogens is 1. The lowest BCUT2D eigenvalue weighted by Crippen LogP contribution is -2.57. The van der Waals surface area contributed by atoms with Crippen LogP contribution in [0.25, 0.3) is 0 Å². The van der Waals surface area contributed by atoms with Crippen molar-refractivity contribution in [2.75, 3.05) is 13.2 Å². The predicted octanol–water partition coefficient (Wildman–Crippen LogP) is 3.06. The average Bonchev–Trinajstić information content (AvgIpc) is 3.05. The van der Waals surface area contributed by atoms with E-state index >= 15 is 0 Å². The van der Waals surface area contributed by atoms with Gasteiger partial charge in [-0.1, -0.05) is 30.3 Å². The Morgan fingerprint density at radius 3 is 2.92 bits per heavy atom. The van der Waals surface area contributed by atoms with Crippen molar-refractivity contribution in [2.24, 2.45) is 11.7 Å². The third kappa shape index (κ3) is 4.48. The number of aromatic nitrogens is 1. The molecule has 0 radical (unpaired) electrons. The largest absolute Gasteiger partial charge is 0.390 e. The van der Waals surface area contributed by atoms with Crippen molar-refractivity contribution in [1.29, 1.82) is 0 Å². The van der Waals surface area contributed by atoms with Crippen LogP contribution in [0.1, 0.15) is 23.9 Å². The number of benzene rings is 1. The van der Waals surface area contributed by atoms with Crippen LogP contribution < -0.4 is 5.73 Å². The summed E-state index contributed by atoms with van der Waals surface area (Å²) in [7, 11) is 0. The van der Waals surface area contributed by atoms with E-state index in [9.17, 15) is 5.11 Å². The molecule has 0 aliphatic carbocycles. The van der Waals surface area contributed by atoms with E-state index < -0.39 is 11.6 Å². The van der Waals surface area contributed by atoms with Crippen LogP contribution in [-0.4, -0.2) is 35.5 Å². The molecule has 5 nitrogen and oxygen atoms in total. The summed E-state index contributed by atoms with van der Waals surface area (Å²) in [6.07, 6.45) is 0.0420. The lowest BCUT2D eigenvalue weighted by Gasteiger charge is -2.44. The van der Waals surface area contributed by atoms with Gasteiger partial charge in [0.2, 0.25) is 0 Å². The Morgan fingerprint density at radius 1 is 1.48 bits per heavy atom. The number of aliphatic hydroxyl groups is 1. The zero-order valence-corrected chi connectivity index (χ0v) is 16.5. The molecule has 3 N–H and O–H groups in total. The van der Waals surface area contributed by atoms with Gasteiger partial charge in [0, 0.05) is 11.3 Å². The summed E-state index contributed by atoms with van der Waals surface area (Å²) >= 11 is 4.86. The first-order chi connectivity index (χ1) is 12.0. The molecule has 1 aliphatic heterocycles. The van der Waals surface area contributed by atoms with E-state index in [2.05, 4.69) is 20.9 Å². The molecule has 2 aromatic rings. The maximum atomic E-state index is 10.8. The summed E-state index contributed by atoms with van der Waals surface area (Å²) in [5.74, 6) is -0.176. The lowest BCUT2D eigenvalue weighted by molar-refractivity contribution is -0.107. The van der Waals surface area contributed by atoms with E-state index in [0.717, 1.165) is 15.2 Å². The van der Waals surface area contributed by atoms with Gasteiger partial charge in [-0.05, 0) is 34.8 Å². The molecule has 0 saturated carbocycles. The molecule has 136 valence electrons. The standard InChI is InChI=1S/C18H23BrN2O3S/c1-12-7-14(15(22)9-23-8-13-5-3-2-4-6-13)18(20,11-24-12)17-21-16(19)10-25-17/h2-6,10,12,14-15,22H,7-9,11,20H2,1H3/t12-,14-,15+,18-/m0/s1. The summed E-state index contributed by atoms with van der Waals surface area (Å²) in [4.78, 5) is 4.47. The molecular formula is C18H23BrN2O3S. The SMILES string of the molecule is C[C@H]1C[C@@H]([C@H](O)COCc2ccccc2)[C@](N)(c2nc(Br)cs2)CO1. The smallest absolute Gasteiger partial charge is 0.117 e. The molecule has 1 aromatic carbocycles. The van der Waals surface area contributed by atoms with E-state index in [4.69, 9.17) is 15.2 Å². The molecule has 0 amide bonds. The second-order valence-corrected chi connectivity index (χ2v) is 8.22. The van der Waals surface area contributed by atoms with Gasteiger partial charge in [0.05, 0.1) is 37.6 Å². The van der Waals surface area contributed by atoms with Crippen molar-refractivity contribution < 1.29 is 14.6 Å². The van der Waals surface area contributed by atoms with Crippen LogP contribution >= 0.6 is 27.3 Å². The number of hydrogen-bond donors (Lipinski definition) is 2. The Balaban J connectivity index is 1.67. The molecule has 3 rings (SSSR count). The van der Waals surface area contributed by atoms with Gasteiger partial charge in [-0.3, -0.25) is 0 Å². The van der Waals surface area contributed by atoms with E-state index in [-0.39, 0.29) is 18.6 Å². The monoisotopic (exact) mass is 426 g/mol. The maximum Gasteiger partial charge on any atom is 0.117 e. The predicted molar refractivity (Wildman–Crippen MR) is 101 cm³/mol. The Morgan fingerprint density at radius 2 is 2.24 bits per heavy atom. The lowest BCUT2D eigenvalue weighted by atomic mass is 9.76. The maximum absolute atomic E-state index is 10.8. The van der Waals surface area contributed by atoms with Crippen molar-refractivity contribution in [3.63, 3.8) is 0 Å². The van der Waals surface area contributed by atoms with E-state index in [1.165, 1.54) is 11.3 Å². The third-order valence-electron chi connectivity index (χ3n) is 4.59. The highest BCUT2D eigenvalue weighted by Gasteiger charge is 2.47. The molecule has 1 fully saturated rings. The minimum atomic E-state index is -0.807. The fourth-order valence-corrected chi connectivity index (χ4v) is 4.62. The molecule has 7 heteroatoms. The molecule has 1 aliphatic rings. The van der Waals surface area contributed by atoms with Gasteiger partial charge in [0.15, 0.2) is 0 Å². The highest BCUT2D eigenvalue weighted by atomic mass is 79.9. The molecule has 1 saturated heterocycles. The van der Waals surface area contributed by atoms with Crippen molar-refractivity contribution in [3.05, 3.63) is 50.9 Å². The molecule has 25 heavy (non-hydrogen) atoms. The quantitative estimate of drug-likeness (QED) is 0.741. The van der Waals surface area contributed by atoms with Gasteiger partial charge >= 0.3 is 0 Å². The van der Waals surface area contributed by atoms with Crippen LogP contribution in [0, 0.1) is 5.92 Å². The molecule has 4 atom stereocenters. The van der Waals surface area contributed by atoms with Crippen LogP contribution in [0.15, 0.2) is 40.3 Å². The van der Waals surface area contributed by atoms with E-state index in [0.29, 0.717) is 19.6 Å². The topological polar surface area (TPSA) is 77.6 Å². The first-order valence-corrected chi connectivity index (χ1v) is 9.98. The number of rotatable bonds is 6. The molecular weight excluding hydrogens is 404 g/mol. The first kappa shape index (κ1) is 18.9. The Labute approximate surface area is 160 Å². The summed E-state index contributed by atoms with van der Waals surface area (Å²) in [6, 6.07) is 9.92. The highest BCUT2D eigenvalue weighted by Crippen LogP contribution is 2.39. The minimum Gasteiger partial charge on any atom is -0.390 e. The number of ether oxygens (including phenoxy) is 2. The van der Waals surface area contributed by atoms with Crippen LogP contribution in [0.4, 0.5) is 0 Å². The fourth-order valence-electron chi connectivity index (χ4n) is 3.20. The highest BCUT2D eigenvalue weighted by molar-refractivity contribution is 9.10. The molecule has 2 heterocycles. The van der Waals surface area contributed by atoms with Crippen molar-refractivity contribution in [2.45, 2.75) is 37.7 Å². The van der Waals surface area contributed by atoms with Gasteiger partial charge in [-0.2, -0.15) is 0 Å². The van der Waals surface area contributed by atoms with E-state index in [1.54, 1.807) is 0 Å². The third-order valence-corrected chi connectivity index (χ3v) is 6.34. The fraction of sp³-hybridized carbons (Fsp3) is 0.500. The number of hydrogen-bond acceptors (Lipinski definition) is 6. The zero-order valence-electron chi connectivity index (χ0n) is 14.1. The number of nitrogens with zero attached hydrogens (tertiary/aromatic N) is 1. The molecule has 0 spiro atoms. The van der Waals surface area contributed by atoms with Crippen molar-refractivity contribution >= 4 is 27.3 Å². The zero-order chi connectivity index (χ0) is 17.9. The van der Waals surface area contributed by atoms with Gasteiger partial charge < -0.3 is 20.3 Å². The molecule has 0 unspecified atom stereocenters. The second kappa shape index (κ2) is 8.24.